The molecule has 8 nitrogen and oxygen atoms in total. The lowest BCUT2D eigenvalue weighted by molar-refractivity contribution is -0.386. The molecule has 0 bridgehead atoms. The maximum atomic E-state index is 11.8. The van der Waals surface area contributed by atoms with Gasteiger partial charge in [-0.2, -0.15) is 5.10 Å². The number of nitro groups is 1. The molecule has 10 heteroatoms. The Hall–Kier alpha value is -2.78. The summed E-state index contributed by atoms with van der Waals surface area (Å²) in [7, 11) is 1.27. The SMILES string of the molecule is COc1cc(/C=N\NC(=O)CSc2ccc(Cl)cc2)cc([N+](=O)[O-])c1O. The average Bonchev–Trinajstić information content (AvgIpc) is 2.62. The number of ether oxygens (including phenoxy) is 1. The third-order valence-corrected chi connectivity index (χ3v) is 4.34. The lowest BCUT2D eigenvalue weighted by atomic mass is 10.2. The minimum Gasteiger partial charge on any atom is -0.500 e. The number of nitrogens with one attached hydrogen (secondary N) is 1. The van der Waals surface area contributed by atoms with Gasteiger partial charge < -0.3 is 9.84 Å². The zero-order valence-electron chi connectivity index (χ0n) is 13.5. The van der Waals surface area contributed by atoms with Crippen LogP contribution in [0.1, 0.15) is 5.56 Å². The lowest BCUT2D eigenvalue weighted by Gasteiger charge is -2.05. The first-order valence-corrected chi connectivity index (χ1v) is 8.52. The number of phenols is 1. The van der Waals surface area contributed by atoms with Crippen LogP contribution < -0.4 is 10.2 Å². The summed E-state index contributed by atoms with van der Waals surface area (Å²) in [4.78, 5) is 22.9. The molecule has 0 saturated heterocycles. The van der Waals surface area contributed by atoms with Crippen molar-refractivity contribution in [1.29, 1.82) is 0 Å². The molecular formula is C16H14ClN3O5S. The lowest BCUT2D eigenvalue weighted by Crippen LogP contribution is -2.19. The molecule has 1 amide bonds. The van der Waals surface area contributed by atoms with Gasteiger partial charge in [-0.05, 0) is 30.3 Å². The molecule has 2 rings (SSSR count). The van der Waals surface area contributed by atoms with Gasteiger partial charge in [-0.25, -0.2) is 5.43 Å². The fourth-order valence-electron chi connectivity index (χ4n) is 1.87. The van der Waals surface area contributed by atoms with Gasteiger partial charge in [0.1, 0.15) is 0 Å². The highest BCUT2D eigenvalue weighted by Crippen LogP contribution is 2.36. The highest BCUT2D eigenvalue weighted by atomic mass is 35.5. The molecule has 0 saturated carbocycles. The Morgan fingerprint density at radius 1 is 1.42 bits per heavy atom. The quantitative estimate of drug-likeness (QED) is 0.322. The normalized spacial score (nSPS) is 10.7. The third-order valence-electron chi connectivity index (χ3n) is 3.08. The van der Waals surface area contributed by atoms with E-state index in [9.17, 15) is 20.0 Å². The molecule has 0 aliphatic heterocycles. The number of benzene rings is 2. The van der Waals surface area contributed by atoms with Gasteiger partial charge in [-0.3, -0.25) is 14.9 Å². The van der Waals surface area contributed by atoms with Crippen LogP contribution in [0.15, 0.2) is 46.4 Å². The molecular weight excluding hydrogens is 382 g/mol. The molecule has 26 heavy (non-hydrogen) atoms. The van der Waals surface area contributed by atoms with Crippen LogP contribution in [0.4, 0.5) is 5.69 Å². The van der Waals surface area contributed by atoms with Crippen molar-refractivity contribution in [3.8, 4) is 11.5 Å². The first-order valence-electron chi connectivity index (χ1n) is 7.16. The summed E-state index contributed by atoms with van der Waals surface area (Å²) < 4.78 is 4.88. The zero-order valence-corrected chi connectivity index (χ0v) is 15.1. The Kier molecular flexibility index (Phi) is 6.81. The van der Waals surface area contributed by atoms with Gasteiger partial charge in [-0.15, -0.1) is 11.8 Å². The number of amides is 1. The van der Waals surface area contributed by atoms with Crippen molar-refractivity contribution >= 4 is 41.2 Å². The number of phenolic OH excluding ortho intramolecular Hbond substituents is 1. The van der Waals surface area contributed by atoms with Crippen molar-refractivity contribution in [2.45, 2.75) is 4.90 Å². The summed E-state index contributed by atoms with van der Waals surface area (Å²) in [5.41, 5.74) is 2.09. The molecule has 2 aromatic carbocycles. The molecule has 0 heterocycles. The van der Waals surface area contributed by atoms with E-state index >= 15 is 0 Å². The number of rotatable bonds is 7. The summed E-state index contributed by atoms with van der Waals surface area (Å²) in [6.45, 7) is 0. The van der Waals surface area contributed by atoms with E-state index in [0.29, 0.717) is 5.02 Å². The Morgan fingerprint density at radius 2 is 2.12 bits per heavy atom. The van der Waals surface area contributed by atoms with E-state index in [2.05, 4.69) is 10.5 Å². The van der Waals surface area contributed by atoms with E-state index in [1.807, 2.05) is 0 Å². The fraction of sp³-hybridized carbons (Fsp3) is 0.125. The van der Waals surface area contributed by atoms with Crippen molar-refractivity contribution in [2.75, 3.05) is 12.9 Å². The van der Waals surface area contributed by atoms with Crippen LogP contribution in [0.3, 0.4) is 0 Å². The second kappa shape index (κ2) is 9.07. The zero-order chi connectivity index (χ0) is 19.1. The number of aromatic hydroxyl groups is 1. The first-order chi connectivity index (χ1) is 12.4. The second-order valence-electron chi connectivity index (χ2n) is 4.88. The van der Waals surface area contributed by atoms with Gasteiger partial charge in [-0.1, -0.05) is 11.6 Å². The van der Waals surface area contributed by atoms with Gasteiger partial charge in [0.25, 0.3) is 0 Å². The third kappa shape index (κ3) is 5.36. The van der Waals surface area contributed by atoms with Gasteiger partial charge in [0.15, 0.2) is 5.75 Å². The summed E-state index contributed by atoms with van der Waals surface area (Å²) in [5.74, 6) is -0.845. The van der Waals surface area contributed by atoms with Crippen molar-refractivity contribution < 1.29 is 19.6 Å². The van der Waals surface area contributed by atoms with Crippen LogP contribution in [-0.2, 0) is 4.79 Å². The van der Waals surface area contributed by atoms with E-state index in [0.717, 1.165) is 11.0 Å². The van der Waals surface area contributed by atoms with Crippen LogP contribution in [0, 0.1) is 10.1 Å². The molecule has 0 atom stereocenters. The predicted molar refractivity (Wildman–Crippen MR) is 99.2 cm³/mol. The van der Waals surface area contributed by atoms with Crippen molar-refractivity contribution in [3.63, 3.8) is 0 Å². The van der Waals surface area contributed by atoms with Gasteiger partial charge in [0, 0.05) is 21.5 Å². The smallest absolute Gasteiger partial charge is 0.315 e. The van der Waals surface area contributed by atoms with E-state index in [1.165, 1.54) is 31.2 Å². The minimum absolute atomic E-state index is 0.0646. The topological polar surface area (TPSA) is 114 Å². The Labute approximate surface area is 158 Å². The number of hydrogen-bond acceptors (Lipinski definition) is 7. The maximum Gasteiger partial charge on any atom is 0.315 e. The molecule has 136 valence electrons. The molecule has 0 radical (unpaired) electrons. The van der Waals surface area contributed by atoms with Crippen LogP contribution in [0.25, 0.3) is 0 Å². The number of nitro benzene ring substituents is 1. The molecule has 2 N–H and O–H groups in total. The van der Waals surface area contributed by atoms with Crippen molar-refractivity contribution in [3.05, 3.63) is 57.1 Å². The molecule has 0 aliphatic carbocycles. The summed E-state index contributed by atoms with van der Waals surface area (Å²) in [5, 5.41) is 25.0. The number of halogens is 1. The maximum absolute atomic E-state index is 11.8. The standard InChI is InChI=1S/C16H14ClN3O5S/c1-25-14-7-10(6-13(16(14)22)20(23)24)8-18-19-15(21)9-26-12-4-2-11(17)3-5-12/h2-8,22H,9H2,1H3,(H,19,21)/b18-8-. The summed E-state index contributed by atoms with van der Waals surface area (Å²) in [6.07, 6.45) is 1.22. The Balaban J connectivity index is 1.96. The number of nitrogens with zero attached hydrogens (tertiary/aromatic N) is 2. The number of hydrogen-bond donors (Lipinski definition) is 2. The molecule has 0 spiro atoms. The highest BCUT2D eigenvalue weighted by Gasteiger charge is 2.19. The van der Waals surface area contributed by atoms with E-state index in [1.54, 1.807) is 24.3 Å². The minimum atomic E-state index is -0.740. The highest BCUT2D eigenvalue weighted by molar-refractivity contribution is 8.00. The monoisotopic (exact) mass is 395 g/mol. The number of hydrazone groups is 1. The number of thioether (sulfide) groups is 1. The predicted octanol–water partition coefficient (Wildman–Crippen LogP) is 3.20. The summed E-state index contributed by atoms with van der Waals surface area (Å²) in [6, 6.07) is 9.53. The second-order valence-corrected chi connectivity index (χ2v) is 6.37. The Bertz CT molecular complexity index is 843. The molecule has 0 fully saturated rings. The number of methoxy groups -OCH3 is 1. The largest absolute Gasteiger partial charge is 0.500 e. The molecule has 2 aromatic rings. The van der Waals surface area contributed by atoms with E-state index < -0.39 is 16.4 Å². The number of carbonyl (C=O) groups is 1. The number of carbonyl (C=O) groups excluding carboxylic acids is 1. The first kappa shape index (κ1) is 19.5. The van der Waals surface area contributed by atoms with E-state index in [4.69, 9.17) is 16.3 Å². The van der Waals surface area contributed by atoms with E-state index in [-0.39, 0.29) is 23.0 Å². The molecule has 0 unspecified atom stereocenters. The molecule has 0 aromatic heterocycles. The van der Waals surface area contributed by atoms with Crippen molar-refractivity contribution in [1.82, 2.24) is 5.43 Å². The summed E-state index contributed by atoms with van der Waals surface area (Å²) >= 11 is 7.10. The van der Waals surface area contributed by atoms with Crippen molar-refractivity contribution in [2.24, 2.45) is 5.10 Å². The van der Waals surface area contributed by atoms with Crippen LogP contribution in [0.5, 0.6) is 11.5 Å². The van der Waals surface area contributed by atoms with Crippen LogP contribution >= 0.6 is 23.4 Å². The Morgan fingerprint density at radius 3 is 2.73 bits per heavy atom. The van der Waals surface area contributed by atoms with Crippen LogP contribution in [-0.4, -0.2) is 35.0 Å². The molecule has 0 aliphatic rings. The van der Waals surface area contributed by atoms with Crippen LogP contribution in [0.2, 0.25) is 5.02 Å². The fourth-order valence-corrected chi connectivity index (χ4v) is 2.69. The average molecular weight is 396 g/mol. The van der Waals surface area contributed by atoms with Gasteiger partial charge >= 0.3 is 5.69 Å². The van der Waals surface area contributed by atoms with Gasteiger partial charge in [0.05, 0.1) is 24.0 Å². The van der Waals surface area contributed by atoms with Gasteiger partial charge in [0.2, 0.25) is 11.7 Å².